The Morgan fingerprint density at radius 2 is 1.19 bits per heavy atom. The molecule has 9 unspecified atom stereocenters. The van der Waals surface area contributed by atoms with Crippen LogP contribution in [0.2, 0.25) is 0 Å². The van der Waals surface area contributed by atoms with Crippen LogP contribution in [0.5, 0.6) is 5.75 Å². The van der Waals surface area contributed by atoms with Gasteiger partial charge < -0.3 is 63.5 Å². The number of aliphatic imine (C=N–C) groups is 1. The second kappa shape index (κ2) is 33.2. The van der Waals surface area contributed by atoms with Crippen LogP contribution in [0.25, 0.3) is 0 Å². The quantitative estimate of drug-likeness (QED) is 0.00570. The van der Waals surface area contributed by atoms with Gasteiger partial charge in [0.1, 0.15) is 48.3 Å². The number of phenols is 1. The minimum absolute atomic E-state index is 0.0121. The molecular weight excluding hydrogens is 992 g/mol. The zero-order valence-electron chi connectivity index (χ0n) is 42.9. The van der Waals surface area contributed by atoms with Crippen LogP contribution in [-0.4, -0.2) is 147 Å². The number of halogens is 1. The molecule has 0 saturated heterocycles. The molecule has 15 N–H and O–H groups in total. The maximum Gasteiger partial charge on any atom is 0.303 e. The highest BCUT2D eigenvalue weighted by atomic mass is 19.1. The van der Waals surface area contributed by atoms with Crippen LogP contribution in [0.4, 0.5) is 4.39 Å². The third-order valence-electron chi connectivity index (χ3n) is 11.6. The number of aldehydes is 1. The Morgan fingerprint density at radius 1 is 0.693 bits per heavy atom. The van der Waals surface area contributed by atoms with Crippen molar-refractivity contribution in [3.63, 3.8) is 0 Å². The van der Waals surface area contributed by atoms with E-state index in [1.54, 1.807) is 27.7 Å². The molecule has 0 bridgehead atoms. The molecule has 0 aromatic heterocycles. The molecule has 0 aliphatic carbocycles. The first-order valence-corrected chi connectivity index (χ1v) is 24.3. The number of phenolic OH excluding ortho intramolecular Hbond substituents is 1. The molecule has 0 heterocycles. The number of aromatic hydroxyl groups is 1. The number of amides is 8. The summed E-state index contributed by atoms with van der Waals surface area (Å²) in [7, 11) is 0. The molecular formula is C47H73FN12O15. The number of benzene rings is 1. The van der Waals surface area contributed by atoms with Gasteiger partial charge in [0.15, 0.2) is 12.1 Å². The second-order valence-electron chi connectivity index (χ2n) is 18.6. The van der Waals surface area contributed by atoms with Crippen molar-refractivity contribution in [1.82, 2.24) is 36.9 Å². The largest absolute Gasteiger partial charge is 0.508 e. The second-order valence-corrected chi connectivity index (χ2v) is 18.6. The monoisotopic (exact) mass is 1060 g/mol. The Kier molecular flexibility index (Phi) is 29.0. The van der Waals surface area contributed by atoms with Gasteiger partial charge in [0.25, 0.3) is 17.7 Å². The third kappa shape index (κ3) is 24.3. The number of carbonyl (C=O) groups is 11. The Labute approximate surface area is 432 Å². The molecule has 1 aromatic rings. The minimum Gasteiger partial charge on any atom is -0.508 e. The molecule has 0 spiro atoms. The van der Waals surface area contributed by atoms with E-state index in [2.05, 4.69) is 42.1 Å². The molecule has 418 valence electrons. The summed E-state index contributed by atoms with van der Waals surface area (Å²) in [5, 5.41) is 45.6. The van der Waals surface area contributed by atoms with Crippen molar-refractivity contribution in [3.8, 4) is 5.75 Å². The fourth-order valence-electron chi connectivity index (χ4n) is 7.36. The highest BCUT2D eigenvalue weighted by molar-refractivity contribution is 5.98. The summed E-state index contributed by atoms with van der Waals surface area (Å²) in [6.45, 7) is 10.0. The van der Waals surface area contributed by atoms with Gasteiger partial charge in [-0.15, -0.1) is 4.91 Å². The van der Waals surface area contributed by atoms with Gasteiger partial charge in [0.05, 0.1) is 6.04 Å². The number of aliphatic carboxylic acids is 2. The lowest BCUT2D eigenvalue weighted by atomic mass is 9.96. The first-order chi connectivity index (χ1) is 35.1. The van der Waals surface area contributed by atoms with Crippen molar-refractivity contribution in [2.45, 2.75) is 161 Å². The number of nitrogens with one attached hydrogen (secondary N) is 6. The van der Waals surface area contributed by atoms with E-state index < -0.39 is 164 Å². The number of nitrogens with two attached hydrogens (primary N) is 3. The molecule has 0 aliphatic rings. The Bertz CT molecular complexity index is 2180. The van der Waals surface area contributed by atoms with Gasteiger partial charge in [0, 0.05) is 37.4 Å². The van der Waals surface area contributed by atoms with Gasteiger partial charge in [-0.2, -0.15) is 0 Å². The topological polar surface area (TPSA) is 444 Å². The van der Waals surface area contributed by atoms with Crippen LogP contribution in [0.3, 0.4) is 0 Å². The Hall–Kier alpha value is -7.65. The van der Waals surface area contributed by atoms with Gasteiger partial charge in [-0.25, -0.2) is 10.2 Å². The fourth-order valence-corrected chi connectivity index (χ4v) is 7.36. The number of hydrazine groups is 1. The average Bonchev–Trinajstić information content (AvgIpc) is 3.34. The van der Waals surface area contributed by atoms with Crippen LogP contribution < -0.4 is 49.2 Å². The van der Waals surface area contributed by atoms with Gasteiger partial charge in [-0.3, -0.25) is 57.9 Å². The summed E-state index contributed by atoms with van der Waals surface area (Å²) >= 11 is 0. The summed E-state index contributed by atoms with van der Waals surface area (Å²) in [6, 6.07) is -5.68. The van der Waals surface area contributed by atoms with Crippen LogP contribution >= 0.6 is 0 Å². The van der Waals surface area contributed by atoms with E-state index in [4.69, 9.17) is 17.3 Å². The van der Waals surface area contributed by atoms with Crippen molar-refractivity contribution < 1.29 is 72.4 Å². The highest BCUT2D eigenvalue weighted by Gasteiger charge is 2.39. The maximum absolute atomic E-state index is 15.2. The number of hydrogen-bond acceptors (Lipinski definition) is 15. The summed E-state index contributed by atoms with van der Waals surface area (Å²) in [5.41, 5.74) is 11.2. The van der Waals surface area contributed by atoms with Gasteiger partial charge in [-0.05, 0) is 74.0 Å². The van der Waals surface area contributed by atoms with Crippen LogP contribution in [0, 0.1) is 22.7 Å². The normalized spacial score (nSPS) is 14.6. The highest BCUT2D eigenvalue weighted by Crippen LogP contribution is 2.17. The number of alkyl halides is 1. The number of carbonyl (C=O) groups excluding carboxylic acids is 9. The molecule has 8 amide bonds. The summed E-state index contributed by atoms with van der Waals surface area (Å²) < 4.78 is 15.2. The van der Waals surface area contributed by atoms with Crippen LogP contribution in [-0.2, 0) is 59.2 Å². The van der Waals surface area contributed by atoms with E-state index in [9.17, 15) is 73.0 Å². The summed E-state index contributed by atoms with van der Waals surface area (Å²) in [5.74, 6) is -7.36. The molecule has 27 nitrogen and oxygen atoms in total. The first-order valence-electron chi connectivity index (χ1n) is 24.3. The van der Waals surface area contributed by atoms with E-state index in [0.717, 1.165) is 0 Å². The molecule has 9 atom stereocenters. The standard InChI is InChI=1S/C47H73FN12O15/c1-7-26(6)38(44(72)57-34(9-8-20-52-47(49)50)46(74)60(51)39(25(4)5)45(73)53-28(23-61)21-24(2)3)58-43(71)33(16-19-37(66)67)56-42(70)32(15-18-36(64)65)55-41(69)31(14-17-35(63)59-75)54-40(68)30(48)22-27-10-12-29(62)13-11-27/h10-13,23-26,28,30-34,38-39,62H,7-9,14-22,51H2,1-6H3,(H,53,73)(H,54,68)(H,55,69)(H,56,70)(H,57,72)(H,58,71)(H,64,65)(H,66,67)(H4,49,50,52). The number of carboxylic acids is 2. The molecule has 75 heavy (non-hydrogen) atoms. The predicted octanol–water partition coefficient (Wildman–Crippen LogP) is -0.944. The lowest BCUT2D eigenvalue weighted by molar-refractivity contribution is -0.146. The molecule has 1 aromatic carbocycles. The van der Waals surface area contributed by atoms with Crippen molar-refractivity contribution in [2.75, 3.05) is 6.54 Å². The first kappa shape index (κ1) is 65.4. The minimum atomic E-state index is -2.31. The Morgan fingerprint density at radius 3 is 1.64 bits per heavy atom. The third-order valence-corrected chi connectivity index (χ3v) is 11.6. The zero-order chi connectivity index (χ0) is 57.1. The number of nitroso groups, excluding NO2 is 1. The molecule has 1 rings (SSSR count). The molecule has 0 fully saturated rings. The van der Waals surface area contributed by atoms with E-state index in [1.165, 1.54) is 24.3 Å². The van der Waals surface area contributed by atoms with Gasteiger partial charge in [0.2, 0.25) is 29.5 Å². The number of guanidine groups is 1. The SMILES string of the molecule is CCC(C)C(NC(=O)C(CCC(=O)O)NC(=O)C(CCC(=O)O)NC(=O)C(CCC(=O)N=O)NC(=O)C(F)Cc1ccc(O)cc1)C(=O)NC(CCCN=C(N)N)C(=O)N(N)C(C(=O)NC(C=O)CC(C)C)C(C)C. The van der Waals surface area contributed by atoms with E-state index in [-0.39, 0.29) is 55.4 Å². The number of hydrogen-bond donors (Lipinski definition) is 12. The van der Waals surface area contributed by atoms with Crippen molar-refractivity contribution in [3.05, 3.63) is 34.7 Å². The summed E-state index contributed by atoms with van der Waals surface area (Å²) in [6.07, 6.45) is -6.20. The number of rotatable bonds is 35. The van der Waals surface area contributed by atoms with Crippen molar-refractivity contribution in [2.24, 2.45) is 45.2 Å². The average molecular weight is 1070 g/mol. The Balaban J connectivity index is 3.60. The van der Waals surface area contributed by atoms with Crippen molar-refractivity contribution in [1.29, 1.82) is 0 Å². The van der Waals surface area contributed by atoms with Crippen molar-refractivity contribution >= 4 is 71.4 Å². The van der Waals surface area contributed by atoms with Gasteiger partial charge >= 0.3 is 11.9 Å². The lowest BCUT2D eigenvalue weighted by Gasteiger charge is -2.34. The number of carboxylic acid groups (broad SMARTS) is 2. The fraction of sp³-hybridized carbons (Fsp3) is 0.617. The molecule has 0 radical (unpaired) electrons. The lowest BCUT2D eigenvalue weighted by Crippen LogP contribution is -2.63. The smallest absolute Gasteiger partial charge is 0.303 e. The number of nitrogens with zero attached hydrogens (tertiary/aromatic N) is 3. The van der Waals surface area contributed by atoms with Gasteiger partial charge in [-0.1, -0.05) is 60.1 Å². The predicted molar refractivity (Wildman–Crippen MR) is 267 cm³/mol. The maximum atomic E-state index is 15.2. The van der Waals surface area contributed by atoms with Crippen LogP contribution in [0.15, 0.2) is 34.4 Å². The summed E-state index contributed by atoms with van der Waals surface area (Å²) in [4.78, 5) is 159. The molecule has 28 heteroatoms. The molecule has 0 aliphatic heterocycles. The molecule has 0 saturated carbocycles. The van der Waals surface area contributed by atoms with E-state index in [0.29, 0.717) is 11.3 Å². The van der Waals surface area contributed by atoms with E-state index in [1.807, 2.05) is 13.8 Å². The van der Waals surface area contributed by atoms with Crippen LogP contribution in [0.1, 0.15) is 111 Å². The zero-order valence-corrected chi connectivity index (χ0v) is 42.9. The van der Waals surface area contributed by atoms with E-state index >= 15 is 4.39 Å².